The normalized spacial score (nSPS) is 20.5. The van der Waals surface area contributed by atoms with E-state index >= 15 is 0 Å². The smallest absolute Gasteiger partial charge is 0.272 e. The molecular formula is C16H25N3O2. The number of nitro benzene ring substituents is 1. The number of benzene rings is 1. The average Bonchev–Trinajstić information content (AvgIpc) is 2.66. The predicted molar refractivity (Wildman–Crippen MR) is 84.4 cm³/mol. The molecule has 0 bridgehead atoms. The average molecular weight is 291 g/mol. The van der Waals surface area contributed by atoms with Crippen LogP contribution in [0.15, 0.2) is 18.2 Å². The van der Waals surface area contributed by atoms with Crippen molar-refractivity contribution in [1.82, 2.24) is 9.80 Å². The summed E-state index contributed by atoms with van der Waals surface area (Å²) in [5.74, 6) is 0. The topological polar surface area (TPSA) is 49.6 Å². The van der Waals surface area contributed by atoms with Crippen molar-refractivity contribution in [2.45, 2.75) is 38.8 Å². The Kier molecular flexibility index (Phi) is 5.31. The Bertz CT molecular complexity index is 502. The summed E-state index contributed by atoms with van der Waals surface area (Å²) in [6, 6.07) is 6.25. The summed E-state index contributed by atoms with van der Waals surface area (Å²) in [4.78, 5) is 15.5. The van der Waals surface area contributed by atoms with Gasteiger partial charge in [0.15, 0.2) is 0 Å². The molecule has 1 aliphatic rings. The second-order valence-electron chi connectivity index (χ2n) is 6.20. The van der Waals surface area contributed by atoms with Gasteiger partial charge in [0.2, 0.25) is 0 Å². The van der Waals surface area contributed by atoms with E-state index in [1.54, 1.807) is 13.0 Å². The molecule has 5 nitrogen and oxygen atoms in total. The number of rotatable bonds is 4. The molecule has 1 heterocycles. The zero-order valence-electron chi connectivity index (χ0n) is 13.2. The molecule has 1 atom stereocenters. The maximum atomic E-state index is 11.0. The van der Waals surface area contributed by atoms with Crippen molar-refractivity contribution < 1.29 is 4.92 Å². The van der Waals surface area contributed by atoms with E-state index in [1.165, 1.54) is 19.3 Å². The zero-order valence-corrected chi connectivity index (χ0v) is 13.2. The summed E-state index contributed by atoms with van der Waals surface area (Å²) in [6.45, 7) is 4.73. The summed E-state index contributed by atoms with van der Waals surface area (Å²) in [5, 5.41) is 11.0. The molecule has 1 aromatic carbocycles. The van der Waals surface area contributed by atoms with Gasteiger partial charge in [0.25, 0.3) is 5.69 Å². The second kappa shape index (κ2) is 7.00. The fourth-order valence-corrected chi connectivity index (χ4v) is 3.02. The molecule has 1 saturated heterocycles. The fraction of sp³-hybridized carbons (Fsp3) is 0.625. The van der Waals surface area contributed by atoms with Crippen LogP contribution in [0.3, 0.4) is 0 Å². The predicted octanol–water partition coefficient (Wildman–Crippen LogP) is 2.82. The summed E-state index contributed by atoms with van der Waals surface area (Å²) in [6.07, 6.45) is 3.59. The van der Waals surface area contributed by atoms with Crippen molar-refractivity contribution >= 4 is 5.69 Å². The molecule has 0 unspecified atom stereocenters. The molecule has 0 spiro atoms. The molecule has 0 aromatic heterocycles. The lowest BCUT2D eigenvalue weighted by atomic mass is 10.1. The summed E-state index contributed by atoms with van der Waals surface area (Å²) < 4.78 is 0. The highest BCUT2D eigenvalue weighted by molar-refractivity contribution is 5.42. The van der Waals surface area contributed by atoms with E-state index in [-0.39, 0.29) is 10.6 Å². The molecule has 21 heavy (non-hydrogen) atoms. The molecular weight excluding hydrogens is 266 g/mol. The van der Waals surface area contributed by atoms with Crippen molar-refractivity contribution in [2.75, 3.05) is 27.2 Å². The second-order valence-corrected chi connectivity index (χ2v) is 6.20. The van der Waals surface area contributed by atoms with E-state index < -0.39 is 0 Å². The summed E-state index contributed by atoms with van der Waals surface area (Å²) >= 11 is 0. The van der Waals surface area contributed by atoms with Gasteiger partial charge in [0.05, 0.1) is 4.92 Å². The van der Waals surface area contributed by atoms with Crippen LogP contribution >= 0.6 is 0 Å². The third-order valence-electron chi connectivity index (χ3n) is 4.40. The molecule has 5 heteroatoms. The number of hydrogen-bond acceptors (Lipinski definition) is 4. The van der Waals surface area contributed by atoms with Crippen LogP contribution in [0.1, 0.15) is 30.4 Å². The third-order valence-corrected chi connectivity index (χ3v) is 4.40. The van der Waals surface area contributed by atoms with Crippen LogP contribution in [0.5, 0.6) is 0 Å². The maximum absolute atomic E-state index is 11.0. The Morgan fingerprint density at radius 2 is 2.10 bits per heavy atom. The van der Waals surface area contributed by atoms with Gasteiger partial charge in [-0.2, -0.15) is 0 Å². The first kappa shape index (κ1) is 15.9. The quantitative estimate of drug-likeness (QED) is 0.632. The van der Waals surface area contributed by atoms with Gasteiger partial charge in [0, 0.05) is 24.2 Å². The Hall–Kier alpha value is -1.46. The molecule has 1 aromatic rings. The molecule has 116 valence electrons. The Morgan fingerprint density at radius 3 is 2.76 bits per heavy atom. The number of nitro groups is 1. The van der Waals surface area contributed by atoms with Gasteiger partial charge >= 0.3 is 0 Å². The largest absolute Gasteiger partial charge is 0.306 e. The van der Waals surface area contributed by atoms with Gasteiger partial charge in [-0.15, -0.1) is 0 Å². The zero-order chi connectivity index (χ0) is 15.4. The van der Waals surface area contributed by atoms with E-state index in [0.717, 1.165) is 30.8 Å². The molecule has 0 saturated carbocycles. The van der Waals surface area contributed by atoms with E-state index in [2.05, 4.69) is 23.9 Å². The number of hydrogen-bond donors (Lipinski definition) is 0. The molecule has 0 aliphatic carbocycles. The maximum Gasteiger partial charge on any atom is 0.272 e. The molecule has 0 radical (unpaired) electrons. The van der Waals surface area contributed by atoms with Crippen LogP contribution in [-0.2, 0) is 6.54 Å². The standard InChI is InChI=1S/C16H25N3O2/c1-13-6-7-14(11-16(13)19(20)21)12-18-9-4-5-15(8-10-18)17(2)3/h6-7,11,15H,4-5,8-10,12H2,1-3H3/t15-/m1/s1. The molecule has 0 amide bonds. The van der Waals surface area contributed by atoms with Crippen LogP contribution in [0.2, 0.25) is 0 Å². The van der Waals surface area contributed by atoms with E-state index in [4.69, 9.17) is 0 Å². The van der Waals surface area contributed by atoms with Gasteiger partial charge in [-0.3, -0.25) is 15.0 Å². The lowest BCUT2D eigenvalue weighted by molar-refractivity contribution is -0.385. The SMILES string of the molecule is Cc1ccc(CN2CCC[C@@H](N(C)C)CC2)cc1[N+](=O)[O-]. The third kappa shape index (κ3) is 4.25. The van der Waals surface area contributed by atoms with Crippen molar-refractivity contribution in [3.63, 3.8) is 0 Å². The first-order valence-electron chi connectivity index (χ1n) is 7.60. The highest BCUT2D eigenvalue weighted by Gasteiger charge is 2.19. The van der Waals surface area contributed by atoms with Crippen LogP contribution in [-0.4, -0.2) is 47.9 Å². The number of likely N-dealkylation sites (tertiary alicyclic amines) is 1. The fourth-order valence-electron chi connectivity index (χ4n) is 3.02. The van der Waals surface area contributed by atoms with E-state index in [9.17, 15) is 10.1 Å². The minimum atomic E-state index is -0.288. The van der Waals surface area contributed by atoms with E-state index in [1.807, 2.05) is 12.1 Å². The van der Waals surface area contributed by atoms with Gasteiger partial charge in [-0.25, -0.2) is 0 Å². The first-order chi connectivity index (χ1) is 9.97. The minimum Gasteiger partial charge on any atom is -0.306 e. The van der Waals surface area contributed by atoms with Gasteiger partial charge in [-0.1, -0.05) is 12.1 Å². The van der Waals surface area contributed by atoms with Gasteiger partial charge in [-0.05, 0) is 58.9 Å². The van der Waals surface area contributed by atoms with Crippen molar-refractivity contribution in [2.24, 2.45) is 0 Å². The van der Waals surface area contributed by atoms with Crippen molar-refractivity contribution in [3.05, 3.63) is 39.4 Å². The van der Waals surface area contributed by atoms with Gasteiger partial charge < -0.3 is 4.90 Å². The lowest BCUT2D eigenvalue weighted by Crippen LogP contribution is -2.29. The Labute approximate surface area is 126 Å². The highest BCUT2D eigenvalue weighted by atomic mass is 16.6. The van der Waals surface area contributed by atoms with Crippen LogP contribution in [0, 0.1) is 17.0 Å². The van der Waals surface area contributed by atoms with Gasteiger partial charge in [0.1, 0.15) is 0 Å². The number of aryl methyl sites for hydroxylation is 1. The summed E-state index contributed by atoms with van der Waals surface area (Å²) in [7, 11) is 4.29. The minimum absolute atomic E-state index is 0.230. The van der Waals surface area contributed by atoms with Crippen LogP contribution in [0.25, 0.3) is 0 Å². The number of nitrogens with zero attached hydrogens (tertiary/aromatic N) is 3. The van der Waals surface area contributed by atoms with E-state index in [0.29, 0.717) is 6.04 Å². The molecule has 0 N–H and O–H groups in total. The molecule has 1 aliphatic heterocycles. The van der Waals surface area contributed by atoms with Crippen LogP contribution in [0.4, 0.5) is 5.69 Å². The van der Waals surface area contributed by atoms with Crippen molar-refractivity contribution in [1.29, 1.82) is 0 Å². The van der Waals surface area contributed by atoms with Crippen molar-refractivity contribution in [3.8, 4) is 0 Å². The highest BCUT2D eigenvalue weighted by Crippen LogP contribution is 2.22. The Balaban J connectivity index is 2.01. The monoisotopic (exact) mass is 291 g/mol. The first-order valence-corrected chi connectivity index (χ1v) is 7.60. The molecule has 2 rings (SSSR count). The summed E-state index contributed by atoms with van der Waals surface area (Å²) in [5.41, 5.74) is 2.00. The lowest BCUT2D eigenvalue weighted by Gasteiger charge is -2.23. The Morgan fingerprint density at radius 1 is 1.33 bits per heavy atom. The van der Waals surface area contributed by atoms with Crippen LogP contribution < -0.4 is 0 Å². The molecule has 1 fully saturated rings.